The minimum absolute atomic E-state index is 0.00892. The number of nitrogens with zero attached hydrogens (tertiary/aromatic N) is 4. The maximum Gasteiger partial charge on any atom is 0.335 e. The van der Waals surface area contributed by atoms with Gasteiger partial charge in [0.05, 0.1) is 21.5 Å². The number of hydrogen-bond acceptors (Lipinski definition) is 11. The molecule has 4 fully saturated rings. The van der Waals surface area contributed by atoms with Gasteiger partial charge < -0.3 is 46.9 Å². The van der Waals surface area contributed by atoms with Crippen molar-refractivity contribution in [1.29, 1.82) is 0 Å². The van der Waals surface area contributed by atoms with E-state index < -0.39 is 75.6 Å². The van der Waals surface area contributed by atoms with E-state index in [-0.39, 0.29) is 84.9 Å². The number of H-pyrrole nitrogens is 1. The van der Waals surface area contributed by atoms with E-state index in [0.29, 0.717) is 59.3 Å². The summed E-state index contributed by atoms with van der Waals surface area (Å²) in [7, 11) is -1.75. The fourth-order valence-corrected chi connectivity index (χ4v) is 12.4. The highest BCUT2D eigenvalue weighted by molar-refractivity contribution is 7.90. The predicted molar refractivity (Wildman–Crippen MR) is 290 cm³/mol. The Morgan fingerprint density at radius 1 is 0.861 bits per heavy atom. The number of aryl methyl sites for hydroxylation is 1. The van der Waals surface area contributed by atoms with Gasteiger partial charge in [0.1, 0.15) is 29.9 Å². The van der Waals surface area contributed by atoms with Crippen LogP contribution in [-0.4, -0.2) is 128 Å². The van der Waals surface area contributed by atoms with E-state index in [1.54, 1.807) is 33.2 Å². The number of piperidine rings is 1. The van der Waals surface area contributed by atoms with E-state index in [0.717, 1.165) is 49.4 Å². The number of carbonyl (C=O) groups excluding carboxylic acids is 7. The number of aromatic carboxylic acids is 1. The second-order valence-electron chi connectivity index (χ2n) is 21.6. The van der Waals surface area contributed by atoms with Gasteiger partial charge in [0, 0.05) is 68.4 Å². The molecular weight excluding hydrogens is 1040 g/mol. The lowest BCUT2D eigenvalue weighted by atomic mass is 9.78. The number of carboxylic acids is 1. The van der Waals surface area contributed by atoms with Gasteiger partial charge >= 0.3 is 11.7 Å². The predicted octanol–water partition coefficient (Wildman–Crippen LogP) is 3.08. The summed E-state index contributed by atoms with van der Waals surface area (Å²) in [6.45, 7) is 3.84. The SMILES string of the molecule is C=C1CCC(n2c(=O)n(C)c3cc(C[C@H]4CC[C@@H](CC(=O)N5CC[C@H]6CC[C@@H](C(=O)N[C@@H](CCC(N)=O)C(=O)NCc7ccc(S(C)(=O)=O)cc7)N6C(=O)[C@@H](NC(=O)c6cc7cc(C(=O)O)ccc7[nH]6)C5)CC4)ccc32)C(=O)N1. The first-order valence-corrected chi connectivity index (χ1v) is 28.6. The van der Waals surface area contributed by atoms with Crippen LogP contribution in [0.5, 0.6) is 0 Å². The van der Waals surface area contributed by atoms with Crippen LogP contribution < -0.4 is 32.7 Å². The van der Waals surface area contributed by atoms with Crippen molar-refractivity contribution in [2.75, 3.05) is 19.3 Å². The fourth-order valence-electron chi connectivity index (χ4n) is 11.8. The Balaban J connectivity index is 0.876. The van der Waals surface area contributed by atoms with Crippen LogP contribution in [-0.2, 0) is 58.6 Å². The van der Waals surface area contributed by atoms with Crippen LogP contribution in [0.4, 0.5) is 0 Å². The number of carbonyl (C=O) groups is 8. The largest absolute Gasteiger partial charge is 0.478 e. The summed E-state index contributed by atoms with van der Waals surface area (Å²) in [5, 5.41) is 21.1. The lowest BCUT2D eigenvalue weighted by molar-refractivity contribution is -0.146. The van der Waals surface area contributed by atoms with Gasteiger partial charge in [-0.15, -0.1) is 0 Å². The Morgan fingerprint density at radius 2 is 1.58 bits per heavy atom. The number of imidazole rings is 1. The third-order valence-electron chi connectivity index (χ3n) is 16.1. The molecule has 1 aliphatic carbocycles. The zero-order chi connectivity index (χ0) is 56.4. The van der Waals surface area contributed by atoms with E-state index in [1.807, 2.05) is 18.2 Å². The Morgan fingerprint density at radius 3 is 2.28 bits per heavy atom. The van der Waals surface area contributed by atoms with Crippen molar-refractivity contribution in [2.24, 2.45) is 24.6 Å². The van der Waals surface area contributed by atoms with Crippen LogP contribution in [0.15, 0.2) is 88.7 Å². The van der Waals surface area contributed by atoms with Crippen molar-refractivity contribution in [1.82, 2.24) is 45.2 Å². The van der Waals surface area contributed by atoms with Crippen molar-refractivity contribution in [2.45, 2.75) is 125 Å². The maximum absolute atomic E-state index is 15.0. The van der Waals surface area contributed by atoms with Crippen LogP contribution >= 0.6 is 0 Å². The minimum Gasteiger partial charge on any atom is -0.478 e. The average molecular weight is 1100 g/mol. The number of fused-ring (bicyclic) bond motifs is 3. The smallest absolute Gasteiger partial charge is 0.335 e. The first-order chi connectivity index (χ1) is 37.6. The van der Waals surface area contributed by atoms with E-state index >= 15 is 0 Å². The van der Waals surface area contributed by atoms with Crippen molar-refractivity contribution in [3.8, 4) is 0 Å². The molecule has 22 nitrogen and oxygen atoms in total. The molecule has 5 atom stereocenters. The van der Waals surface area contributed by atoms with Gasteiger partial charge in [0.15, 0.2) is 9.84 Å². The van der Waals surface area contributed by atoms with Crippen LogP contribution in [0, 0.1) is 11.8 Å². The Hall–Kier alpha value is -8.08. The van der Waals surface area contributed by atoms with Gasteiger partial charge in [0.2, 0.25) is 35.4 Å². The summed E-state index contributed by atoms with van der Waals surface area (Å²) in [5.41, 5.74) is 9.43. The van der Waals surface area contributed by atoms with Crippen LogP contribution in [0.1, 0.15) is 115 Å². The normalized spacial score (nSPS) is 22.1. The number of benzene rings is 3. The van der Waals surface area contributed by atoms with Gasteiger partial charge in [0.25, 0.3) is 5.91 Å². The topological polar surface area (TPSA) is 314 Å². The molecule has 4 aliphatic rings. The van der Waals surface area contributed by atoms with Gasteiger partial charge in [-0.3, -0.25) is 42.7 Å². The van der Waals surface area contributed by atoms with Gasteiger partial charge in [-0.25, -0.2) is 18.0 Å². The number of carboxylic acid groups (broad SMARTS) is 1. The molecule has 0 spiro atoms. The van der Waals surface area contributed by atoms with E-state index in [4.69, 9.17) is 5.73 Å². The fraction of sp³-hybridized carbons (Fsp3) is 0.446. The first-order valence-electron chi connectivity index (χ1n) is 26.7. The standard InChI is InChI=1S/C56H66N10O12S/c1-31-4-18-46(52(71)59-31)66-44-19-11-35(25-47(44)63(2)56(66)76)24-32-5-7-33(8-6-32)26-49(68)64-23-22-38-13-20-45(53(72)61-41(17-21-48(57)67)50(69)58-29-34-9-14-39(15-10-34)79(3,77)78)65(38)54(73)43(30-64)62-51(70)42-28-37-27-36(55(74)75)12-16-40(37)60-42/h9-12,14-16,19,25,27-28,32-33,38,41,43,45-46,60H,1,4-8,13,17-18,20-24,26,29-30H2,2-3H3,(H2,57,67)(H,58,69)(H,59,71)(H,61,72)(H,62,70)(H,74,75)/t32-,33+,38-,41+,43+,45+,46?/m1/s1. The van der Waals surface area contributed by atoms with Crippen molar-refractivity contribution in [3.63, 3.8) is 0 Å². The zero-order valence-corrected chi connectivity index (χ0v) is 44.9. The summed E-state index contributed by atoms with van der Waals surface area (Å²) in [4.78, 5) is 128. The van der Waals surface area contributed by atoms with E-state index in [9.17, 15) is 56.7 Å². The van der Waals surface area contributed by atoms with Gasteiger partial charge in [-0.05, 0) is 142 Å². The number of hydrogen-bond donors (Lipinski definition) is 7. The summed E-state index contributed by atoms with van der Waals surface area (Å²) < 4.78 is 27.1. The van der Waals surface area contributed by atoms with Crippen molar-refractivity contribution < 1.29 is 51.9 Å². The molecule has 7 amide bonds. The Labute approximate surface area is 455 Å². The highest BCUT2D eigenvalue weighted by atomic mass is 32.2. The number of allylic oxidation sites excluding steroid dienone is 1. The van der Waals surface area contributed by atoms with E-state index in [2.05, 4.69) is 32.8 Å². The molecule has 3 aliphatic heterocycles. The molecule has 0 bridgehead atoms. The highest BCUT2D eigenvalue weighted by Gasteiger charge is 2.46. The monoisotopic (exact) mass is 1100 g/mol. The van der Waals surface area contributed by atoms with Crippen LogP contribution in [0.3, 0.4) is 0 Å². The molecule has 3 aromatic carbocycles. The van der Waals surface area contributed by atoms with Crippen LogP contribution in [0.2, 0.25) is 0 Å². The number of rotatable bonds is 17. The molecule has 5 heterocycles. The molecule has 418 valence electrons. The van der Waals surface area contributed by atoms with Crippen molar-refractivity contribution >= 4 is 79.1 Å². The second kappa shape index (κ2) is 23.1. The molecule has 0 radical (unpaired) electrons. The zero-order valence-electron chi connectivity index (χ0n) is 44.1. The number of sulfone groups is 1. The molecule has 79 heavy (non-hydrogen) atoms. The number of nitrogens with two attached hydrogens (primary N) is 1. The first kappa shape index (κ1) is 55.7. The number of aromatic nitrogens is 3. The molecule has 2 aromatic heterocycles. The Bertz CT molecular complexity index is 3450. The van der Waals surface area contributed by atoms with Crippen molar-refractivity contribution in [3.05, 3.63) is 112 Å². The van der Waals surface area contributed by atoms with Gasteiger partial charge in [-0.2, -0.15) is 0 Å². The average Bonchev–Trinajstić information content (AvgIpc) is 4.35. The molecule has 23 heteroatoms. The third-order valence-corrected chi connectivity index (χ3v) is 17.3. The van der Waals surface area contributed by atoms with Gasteiger partial charge in [-0.1, -0.05) is 24.8 Å². The molecule has 3 saturated heterocycles. The van der Waals surface area contributed by atoms with Crippen LogP contribution in [0.25, 0.3) is 21.9 Å². The number of nitrogens with one attached hydrogen (secondary N) is 5. The quantitative estimate of drug-likeness (QED) is 0.0707. The maximum atomic E-state index is 15.0. The molecular formula is C56H66N10O12S. The third kappa shape index (κ3) is 12.5. The summed E-state index contributed by atoms with van der Waals surface area (Å²) >= 11 is 0. The lowest BCUT2D eigenvalue weighted by Gasteiger charge is -2.39. The molecule has 8 N–H and O–H groups in total. The second-order valence-corrected chi connectivity index (χ2v) is 23.6. The summed E-state index contributed by atoms with van der Waals surface area (Å²) in [5.74, 6) is -4.52. The number of primary amides is 1. The molecule has 1 unspecified atom stereocenters. The minimum atomic E-state index is -3.46. The number of aromatic amines is 1. The highest BCUT2D eigenvalue weighted by Crippen LogP contribution is 2.36. The number of amides is 7. The summed E-state index contributed by atoms with van der Waals surface area (Å²) in [6.07, 6.45) is 6.94. The molecule has 9 rings (SSSR count). The lowest BCUT2D eigenvalue weighted by Crippen LogP contribution is -2.62. The Kier molecular flexibility index (Phi) is 16.3. The molecule has 5 aromatic rings. The van der Waals surface area contributed by atoms with E-state index in [1.165, 1.54) is 41.3 Å². The summed E-state index contributed by atoms with van der Waals surface area (Å²) in [6, 6.07) is 12.8. The molecule has 1 saturated carbocycles.